The van der Waals surface area contributed by atoms with Crippen LogP contribution in [0.2, 0.25) is 0 Å². The van der Waals surface area contributed by atoms with Gasteiger partial charge >= 0.3 is 5.97 Å². The highest BCUT2D eigenvalue weighted by Gasteiger charge is 2.62. The number of ether oxygens (including phenoxy) is 2. The third-order valence-electron chi connectivity index (χ3n) is 14.3. The maximum atomic E-state index is 14.9. The van der Waals surface area contributed by atoms with E-state index in [1.165, 1.54) is 32.1 Å². The van der Waals surface area contributed by atoms with E-state index in [2.05, 4.69) is 23.9 Å². The molecule has 0 spiro atoms. The molecule has 1 N–H and O–H groups in total. The number of fused-ring (bicyclic) bond motifs is 3. The van der Waals surface area contributed by atoms with Crippen LogP contribution in [0.5, 0.6) is 6.01 Å². The first-order valence-electron chi connectivity index (χ1n) is 23.8. The summed E-state index contributed by atoms with van der Waals surface area (Å²) in [5, 5.41) is 3.07. The van der Waals surface area contributed by atoms with Crippen molar-refractivity contribution >= 4 is 56.0 Å². The van der Waals surface area contributed by atoms with Crippen LogP contribution in [0.1, 0.15) is 156 Å². The molecule has 3 aliphatic carbocycles. The predicted molar refractivity (Wildman–Crippen MR) is 247 cm³/mol. The van der Waals surface area contributed by atoms with E-state index in [1.807, 2.05) is 34.9 Å². The fourth-order valence-corrected chi connectivity index (χ4v) is 12.4. The number of aromatic nitrogens is 3. The molecule has 13 nitrogen and oxygen atoms in total. The van der Waals surface area contributed by atoms with Crippen molar-refractivity contribution in [2.24, 2.45) is 23.2 Å². The number of benzene rings is 1. The summed E-state index contributed by atoms with van der Waals surface area (Å²) in [4.78, 5) is 68.9. The Morgan fingerprint density at radius 2 is 1.75 bits per heavy atom. The summed E-state index contributed by atoms with van der Waals surface area (Å²) < 4.78 is 42.6. The van der Waals surface area contributed by atoms with Crippen molar-refractivity contribution in [3.63, 3.8) is 0 Å². The molecule has 8 rings (SSSR count). The van der Waals surface area contributed by atoms with Gasteiger partial charge in [-0.2, -0.15) is 4.98 Å². The molecule has 348 valence electrons. The van der Waals surface area contributed by atoms with Gasteiger partial charge in [-0.05, 0) is 110 Å². The zero-order valence-electron chi connectivity index (χ0n) is 38.5. The number of imidazole rings is 1. The van der Waals surface area contributed by atoms with E-state index in [0.29, 0.717) is 44.0 Å². The quantitative estimate of drug-likeness (QED) is 0.145. The van der Waals surface area contributed by atoms with E-state index < -0.39 is 55.7 Å². The van der Waals surface area contributed by atoms with Crippen LogP contribution in [0.4, 0.5) is 0 Å². The van der Waals surface area contributed by atoms with Crippen molar-refractivity contribution in [1.29, 1.82) is 0 Å². The Morgan fingerprint density at radius 1 is 1.02 bits per heavy atom. The first kappa shape index (κ1) is 46.4. The van der Waals surface area contributed by atoms with Gasteiger partial charge in [0.1, 0.15) is 22.2 Å². The van der Waals surface area contributed by atoms with E-state index in [0.717, 1.165) is 53.0 Å². The standard InChI is InChI=1S/C49H67N5O8S2/c1-31(2)54-38-21-15-20-37(43-50-35(30-63-43)24-32-16-11-10-12-17-32)42(38)51-46(54)61-36-26-39-40(55)28-49(45(58)52-64(59,60)48(6)22-23-48)27-34(49)19-14-9-7-8-13-18-33(44(57)53(39)29-36)25-41(56)62-47(3,4)5/h14-15,19-21,30-34,36,39H,7-13,16-18,22-29H2,1-6H3,(H,52,58)/b19-14-/t33-,34+,36-,39+,49-/m1/s1. The second-order valence-corrected chi connectivity index (χ2v) is 24.0. The van der Waals surface area contributed by atoms with Crippen molar-refractivity contribution < 1.29 is 37.1 Å². The molecular formula is C49H67N5O8S2. The molecule has 0 unspecified atom stereocenters. The lowest BCUT2D eigenvalue weighted by molar-refractivity contribution is -0.159. The molecule has 3 aromatic rings. The minimum absolute atomic E-state index is 0.0471. The minimum Gasteiger partial charge on any atom is -0.460 e. The van der Waals surface area contributed by atoms with Crippen LogP contribution in [0.15, 0.2) is 35.7 Å². The third-order valence-corrected chi connectivity index (χ3v) is 17.4. The van der Waals surface area contributed by atoms with Crippen molar-refractivity contribution in [3.05, 3.63) is 41.4 Å². The Kier molecular flexibility index (Phi) is 13.3. The number of rotatable bonds is 11. The van der Waals surface area contributed by atoms with Gasteiger partial charge in [-0.1, -0.05) is 63.2 Å². The Morgan fingerprint density at radius 3 is 2.47 bits per heavy atom. The van der Waals surface area contributed by atoms with Gasteiger partial charge in [-0.15, -0.1) is 11.3 Å². The van der Waals surface area contributed by atoms with Gasteiger partial charge in [0.15, 0.2) is 5.78 Å². The Bertz CT molecular complexity index is 2390. The summed E-state index contributed by atoms with van der Waals surface area (Å²) in [7, 11) is -3.96. The summed E-state index contributed by atoms with van der Waals surface area (Å²) in [5.74, 6) is -2.19. The number of amides is 2. The molecule has 0 radical (unpaired) electrons. The molecule has 5 aliphatic rings. The van der Waals surface area contributed by atoms with Crippen LogP contribution in [-0.2, 0) is 40.4 Å². The highest BCUT2D eigenvalue weighted by molar-refractivity contribution is 7.91. The lowest BCUT2D eigenvalue weighted by Crippen LogP contribution is -2.47. The average molecular weight is 918 g/mol. The number of nitrogens with zero attached hydrogens (tertiary/aromatic N) is 4. The topological polar surface area (TPSA) is 167 Å². The van der Waals surface area contributed by atoms with Crippen LogP contribution in [0, 0.1) is 23.2 Å². The van der Waals surface area contributed by atoms with Crippen molar-refractivity contribution in [1.82, 2.24) is 24.2 Å². The largest absolute Gasteiger partial charge is 0.460 e. The van der Waals surface area contributed by atoms with Gasteiger partial charge < -0.3 is 14.4 Å². The smallest absolute Gasteiger partial charge is 0.307 e. The van der Waals surface area contributed by atoms with E-state index in [9.17, 15) is 27.6 Å². The van der Waals surface area contributed by atoms with E-state index in [4.69, 9.17) is 19.4 Å². The highest BCUT2D eigenvalue weighted by Crippen LogP contribution is 2.58. The van der Waals surface area contributed by atoms with Crippen LogP contribution < -0.4 is 9.46 Å². The number of thiazole rings is 1. The number of sulfonamides is 1. The molecule has 3 saturated carbocycles. The highest BCUT2D eigenvalue weighted by atomic mass is 32.2. The van der Waals surface area contributed by atoms with Gasteiger partial charge in [-0.25, -0.2) is 13.4 Å². The molecule has 4 heterocycles. The molecule has 0 bridgehead atoms. The molecule has 2 aliphatic heterocycles. The summed E-state index contributed by atoms with van der Waals surface area (Å²) in [5.41, 5.74) is 1.69. The molecule has 15 heteroatoms. The predicted octanol–water partition coefficient (Wildman–Crippen LogP) is 9.04. The number of para-hydroxylation sites is 1. The number of allylic oxidation sites excluding steroid dienone is 2. The zero-order valence-corrected chi connectivity index (χ0v) is 40.2. The zero-order chi connectivity index (χ0) is 45.6. The van der Waals surface area contributed by atoms with Crippen LogP contribution in [-0.4, -0.2) is 80.5 Å². The SMILES string of the molecule is CC(C)n1c(O[C@@H]2C[C@H]3C(=O)C[C@]4(C(=O)NS(=O)(=O)C5(C)CC5)C[C@@H]4/C=C\CCCCC[C@H](CC(=O)OC(C)(C)C)C(=O)N3C2)nc2c(-c3nc(CC4CCCCC4)cs3)cccc21. The number of Topliss-reactive ketones (excluding diaryl/α,β-unsaturated/α-hetero) is 1. The summed E-state index contributed by atoms with van der Waals surface area (Å²) in [6, 6.07) is 5.44. The normalized spacial score (nSPS) is 27.3. The molecule has 4 fully saturated rings. The maximum absolute atomic E-state index is 14.9. The number of carbonyl (C=O) groups excluding carboxylic acids is 4. The lowest BCUT2D eigenvalue weighted by atomic mass is 9.86. The van der Waals surface area contributed by atoms with Crippen LogP contribution >= 0.6 is 11.3 Å². The van der Waals surface area contributed by atoms with Gasteiger partial charge in [0.05, 0.1) is 40.4 Å². The first-order valence-corrected chi connectivity index (χ1v) is 26.1. The van der Waals surface area contributed by atoms with E-state index in [1.54, 1.807) is 43.9 Å². The molecule has 1 aromatic carbocycles. The van der Waals surface area contributed by atoms with Crippen molar-refractivity contribution in [2.45, 2.75) is 179 Å². The number of nitrogens with one attached hydrogen (secondary N) is 1. The average Bonchev–Trinajstić information content (AvgIpc) is 3.92. The number of hydrogen-bond acceptors (Lipinski definition) is 11. The molecule has 64 heavy (non-hydrogen) atoms. The molecule has 1 saturated heterocycles. The van der Waals surface area contributed by atoms with Gasteiger partial charge in [0.25, 0.3) is 6.01 Å². The summed E-state index contributed by atoms with van der Waals surface area (Å²) in [6.07, 6.45) is 15.3. The van der Waals surface area contributed by atoms with Gasteiger partial charge in [-0.3, -0.25) is 28.5 Å². The fraction of sp³-hybridized carbons (Fsp3) is 0.673. The Hall–Kier alpha value is -4.11. The summed E-state index contributed by atoms with van der Waals surface area (Å²) >= 11 is 1.63. The molecule has 5 atom stereocenters. The Labute approximate surface area is 382 Å². The minimum atomic E-state index is -3.96. The molecule has 2 amide bonds. The van der Waals surface area contributed by atoms with E-state index >= 15 is 0 Å². The fourth-order valence-electron chi connectivity index (χ4n) is 10.2. The van der Waals surface area contributed by atoms with Crippen LogP contribution in [0.3, 0.4) is 0 Å². The summed E-state index contributed by atoms with van der Waals surface area (Å²) in [6.45, 7) is 11.2. The number of carbonyl (C=O) groups is 4. The number of esters is 1. The Balaban J connectivity index is 1.10. The molecular weight excluding hydrogens is 851 g/mol. The van der Waals surface area contributed by atoms with Crippen LogP contribution in [0.25, 0.3) is 21.6 Å². The van der Waals surface area contributed by atoms with E-state index in [-0.39, 0.29) is 49.5 Å². The van der Waals surface area contributed by atoms with Gasteiger partial charge in [0, 0.05) is 35.7 Å². The number of ketones is 1. The lowest BCUT2D eigenvalue weighted by Gasteiger charge is -2.29. The van der Waals surface area contributed by atoms with Gasteiger partial charge in [0.2, 0.25) is 21.8 Å². The first-order chi connectivity index (χ1) is 30.4. The monoisotopic (exact) mass is 917 g/mol. The second-order valence-electron chi connectivity index (χ2n) is 20.9. The maximum Gasteiger partial charge on any atom is 0.307 e. The number of hydrogen-bond donors (Lipinski definition) is 1. The second kappa shape index (κ2) is 18.3. The van der Waals surface area contributed by atoms with Crippen molar-refractivity contribution in [3.8, 4) is 16.6 Å². The van der Waals surface area contributed by atoms with Crippen molar-refractivity contribution in [2.75, 3.05) is 6.54 Å². The molecule has 2 aromatic heterocycles. The third kappa shape index (κ3) is 10.00.